The highest BCUT2D eigenvalue weighted by atomic mass is 16.2. The normalized spacial score (nSPS) is 15.2. The molecule has 2 aromatic heterocycles. The molecule has 0 saturated carbocycles. The van der Waals surface area contributed by atoms with E-state index < -0.39 is 0 Å². The summed E-state index contributed by atoms with van der Waals surface area (Å²) < 4.78 is 4.10. The van der Waals surface area contributed by atoms with Gasteiger partial charge in [0, 0.05) is 51.4 Å². The van der Waals surface area contributed by atoms with E-state index in [0.717, 1.165) is 31.2 Å². The van der Waals surface area contributed by atoms with E-state index in [2.05, 4.69) is 37.4 Å². The standard InChI is InChI=1S/C17H27N7O/c1-14(13-23-10-5-8-20-23)12-19-17(25)18-9-7-16-22-21-15-6-3-2-4-11-24(15)16/h5,8,10,14H,2-4,6-7,9,11-13H2,1H3,(H2,18,19,25)/t14-/m0/s1. The van der Waals surface area contributed by atoms with Gasteiger partial charge in [0.25, 0.3) is 0 Å². The van der Waals surface area contributed by atoms with Gasteiger partial charge in [-0.15, -0.1) is 10.2 Å². The van der Waals surface area contributed by atoms with Crippen molar-refractivity contribution in [1.29, 1.82) is 0 Å². The molecular weight excluding hydrogens is 318 g/mol. The van der Waals surface area contributed by atoms with Crippen LogP contribution in [0.25, 0.3) is 0 Å². The Morgan fingerprint density at radius 2 is 2.20 bits per heavy atom. The summed E-state index contributed by atoms with van der Waals surface area (Å²) in [5.74, 6) is 2.38. The van der Waals surface area contributed by atoms with E-state index in [1.165, 1.54) is 19.3 Å². The molecule has 0 aliphatic carbocycles. The Hall–Kier alpha value is -2.38. The Bertz CT molecular complexity index is 665. The van der Waals surface area contributed by atoms with Gasteiger partial charge >= 0.3 is 6.03 Å². The van der Waals surface area contributed by atoms with E-state index in [1.54, 1.807) is 6.20 Å². The zero-order valence-electron chi connectivity index (χ0n) is 14.8. The molecule has 0 fully saturated rings. The minimum atomic E-state index is -0.136. The number of aromatic nitrogens is 5. The molecule has 3 heterocycles. The lowest BCUT2D eigenvalue weighted by Gasteiger charge is -2.13. The van der Waals surface area contributed by atoms with Gasteiger partial charge in [0.1, 0.15) is 11.6 Å². The van der Waals surface area contributed by atoms with E-state index >= 15 is 0 Å². The molecule has 2 N–H and O–H groups in total. The Balaban J connectivity index is 1.36. The fourth-order valence-corrected chi connectivity index (χ4v) is 3.14. The van der Waals surface area contributed by atoms with Gasteiger partial charge in [0.05, 0.1) is 0 Å². The quantitative estimate of drug-likeness (QED) is 0.793. The van der Waals surface area contributed by atoms with Crippen molar-refractivity contribution in [3.63, 3.8) is 0 Å². The van der Waals surface area contributed by atoms with Gasteiger partial charge < -0.3 is 15.2 Å². The molecule has 2 aromatic rings. The smallest absolute Gasteiger partial charge is 0.314 e. The topological polar surface area (TPSA) is 89.7 Å². The first-order chi connectivity index (χ1) is 12.2. The average Bonchev–Trinajstić information content (AvgIpc) is 3.18. The molecule has 25 heavy (non-hydrogen) atoms. The largest absolute Gasteiger partial charge is 0.338 e. The first-order valence-electron chi connectivity index (χ1n) is 9.12. The van der Waals surface area contributed by atoms with Gasteiger partial charge in [-0.05, 0) is 24.8 Å². The monoisotopic (exact) mass is 345 g/mol. The summed E-state index contributed by atoms with van der Waals surface area (Å²) in [6.07, 6.45) is 9.03. The van der Waals surface area contributed by atoms with Crippen molar-refractivity contribution in [2.24, 2.45) is 5.92 Å². The van der Waals surface area contributed by atoms with Gasteiger partial charge in [0.15, 0.2) is 0 Å². The van der Waals surface area contributed by atoms with Crippen molar-refractivity contribution in [3.8, 4) is 0 Å². The van der Waals surface area contributed by atoms with Gasteiger partial charge in [-0.25, -0.2) is 4.79 Å². The summed E-state index contributed by atoms with van der Waals surface area (Å²) in [6, 6.07) is 1.76. The summed E-state index contributed by atoms with van der Waals surface area (Å²) in [6.45, 7) is 5.06. The lowest BCUT2D eigenvalue weighted by Crippen LogP contribution is -2.39. The van der Waals surface area contributed by atoms with Gasteiger partial charge in [-0.3, -0.25) is 4.68 Å². The summed E-state index contributed by atoms with van der Waals surface area (Å²) >= 11 is 0. The number of fused-ring (bicyclic) bond motifs is 1. The third-order valence-corrected chi connectivity index (χ3v) is 4.49. The summed E-state index contributed by atoms with van der Waals surface area (Å²) in [7, 11) is 0. The molecule has 0 unspecified atom stereocenters. The zero-order valence-corrected chi connectivity index (χ0v) is 14.8. The Morgan fingerprint density at radius 1 is 1.28 bits per heavy atom. The van der Waals surface area contributed by atoms with Gasteiger partial charge in [-0.1, -0.05) is 13.3 Å². The first-order valence-corrected chi connectivity index (χ1v) is 9.12. The molecule has 1 aliphatic heterocycles. The lowest BCUT2D eigenvalue weighted by molar-refractivity contribution is 0.238. The summed E-state index contributed by atoms with van der Waals surface area (Å²) in [4.78, 5) is 11.9. The predicted octanol–water partition coefficient (Wildman–Crippen LogP) is 1.38. The third kappa shape index (κ3) is 5.04. The van der Waals surface area contributed by atoms with Crippen LogP contribution in [0.2, 0.25) is 0 Å². The molecule has 8 nitrogen and oxygen atoms in total. The molecule has 1 atom stereocenters. The number of amides is 2. The molecule has 3 rings (SSSR count). The fraction of sp³-hybridized carbons (Fsp3) is 0.647. The van der Waals surface area contributed by atoms with E-state index in [4.69, 9.17) is 0 Å². The minimum Gasteiger partial charge on any atom is -0.338 e. The summed E-state index contributed by atoms with van der Waals surface area (Å²) in [5.41, 5.74) is 0. The van der Waals surface area contributed by atoms with Gasteiger partial charge in [0.2, 0.25) is 0 Å². The van der Waals surface area contributed by atoms with Crippen molar-refractivity contribution < 1.29 is 4.79 Å². The molecule has 0 bridgehead atoms. The Labute approximate surface area is 148 Å². The number of rotatable bonds is 7. The van der Waals surface area contributed by atoms with Crippen LogP contribution in [0, 0.1) is 5.92 Å². The van der Waals surface area contributed by atoms with Gasteiger partial charge in [-0.2, -0.15) is 5.10 Å². The number of hydrogen-bond acceptors (Lipinski definition) is 4. The van der Waals surface area contributed by atoms with Crippen LogP contribution in [0.5, 0.6) is 0 Å². The number of urea groups is 1. The molecule has 8 heteroatoms. The third-order valence-electron chi connectivity index (χ3n) is 4.49. The van der Waals surface area contributed by atoms with E-state index in [0.29, 0.717) is 25.4 Å². The highest BCUT2D eigenvalue weighted by molar-refractivity contribution is 5.73. The highest BCUT2D eigenvalue weighted by Crippen LogP contribution is 2.14. The van der Waals surface area contributed by atoms with Crippen LogP contribution in [-0.2, 0) is 25.9 Å². The van der Waals surface area contributed by atoms with Crippen LogP contribution in [0.4, 0.5) is 4.79 Å². The highest BCUT2D eigenvalue weighted by Gasteiger charge is 2.14. The van der Waals surface area contributed by atoms with Crippen molar-refractivity contribution in [2.75, 3.05) is 13.1 Å². The molecular formula is C17H27N7O. The number of aryl methyl sites for hydroxylation is 1. The Kier molecular flexibility index (Phi) is 6.03. The fourth-order valence-electron chi connectivity index (χ4n) is 3.14. The molecule has 0 aromatic carbocycles. The number of nitrogens with one attached hydrogen (secondary N) is 2. The SMILES string of the molecule is C[C@@H](CNC(=O)NCCc1nnc2n1CCCCC2)Cn1cccn1. The van der Waals surface area contributed by atoms with E-state index in [9.17, 15) is 4.79 Å². The lowest BCUT2D eigenvalue weighted by atomic mass is 10.2. The molecule has 0 spiro atoms. The first kappa shape index (κ1) is 17.4. The Morgan fingerprint density at radius 3 is 3.04 bits per heavy atom. The van der Waals surface area contributed by atoms with Crippen molar-refractivity contribution in [1.82, 2.24) is 35.2 Å². The second-order valence-electron chi connectivity index (χ2n) is 6.71. The van der Waals surface area contributed by atoms with Crippen molar-refractivity contribution in [2.45, 2.75) is 52.1 Å². The maximum absolute atomic E-state index is 11.9. The van der Waals surface area contributed by atoms with Crippen molar-refractivity contribution >= 4 is 6.03 Å². The number of carbonyl (C=O) groups excluding carboxylic acids is 1. The van der Waals surface area contributed by atoms with Crippen LogP contribution in [-0.4, -0.2) is 43.7 Å². The second kappa shape index (κ2) is 8.64. The van der Waals surface area contributed by atoms with Crippen molar-refractivity contribution in [3.05, 3.63) is 30.1 Å². The summed E-state index contributed by atoms with van der Waals surface area (Å²) in [5, 5.41) is 18.6. The number of nitrogens with zero attached hydrogens (tertiary/aromatic N) is 5. The van der Waals surface area contributed by atoms with E-state index in [-0.39, 0.29) is 6.03 Å². The van der Waals surface area contributed by atoms with Crippen LogP contribution >= 0.6 is 0 Å². The maximum Gasteiger partial charge on any atom is 0.314 e. The predicted molar refractivity (Wildman–Crippen MR) is 94.1 cm³/mol. The van der Waals surface area contributed by atoms with Crippen LogP contribution in [0.3, 0.4) is 0 Å². The second-order valence-corrected chi connectivity index (χ2v) is 6.71. The van der Waals surface area contributed by atoms with Crippen LogP contribution < -0.4 is 10.6 Å². The van der Waals surface area contributed by atoms with E-state index in [1.807, 2.05) is 16.9 Å². The minimum absolute atomic E-state index is 0.136. The van der Waals surface area contributed by atoms with Crippen LogP contribution in [0.1, 0.15) is 37.8 Å². The van der Waals surface area contributed by atoms with Crippen LogP contribution in [0.15, 0.2) is 18.5 Å². The molecule has 1 aliphatic rings. The number of carbonyl (C=O) groups is 1. The molecule has 0 radical (unpaired) electrons. The number of hydrogen-bond donors (Lipinski definition) is 2. The molecule has 136 valence electrons. The maximum atomic E-state index is 11.9. The molecule has 2 amide bonds. The molecule has 0 saturated heterocycles. The zero-order chi connectivity index (χ0) is 17.5. The average molecular weight is 345 g/mol.